The second-order valence-corrected chi connectivity index (χ2v) is 10.9. The highest BCUT2D eigenvalue weighted by Crippen LogP contribution is 2.30. The van der Waals surface area contributed by atoms with Gasteiger partial charge >= 0.3 is 0 Å². The van der Waals surface area contributed by atoms with Gasteiger partial charge in [0, 0.05) is 22.6 Å². The number of hydrogen-bond acceptors (Lipinski definition) is 5. The molecule has 11 heteroatoms. The monoisotopic (exact) mass is 543 g/mol. The standard InChI is InChI=1S/C24H31Cl2N3O5S/c1-6-16(2)27-24(31)17(3)28(14-18-11-12-19(25)13-20(18)26)23(30)15-29(35(5,32)33)21-9-7-8-10-22(21)34-4/h7-13,16-17H,6,14-15H2,1-5H3,(H,27,31)/t16-,17+/m1/s1. The molecule has 0 aliphatic heterocycles. The van der Waals surface area contributed by atoms with Gasteiger partial charge in [-0.3, -0.25) is 13.9 Å². The van der Waals surface area contributed by atoms with Gasteiger partial charge in [0.2, 0.25) is 21.8 Å². The smallest absolute Gasteiger partial charge is 0.244 e. The van der Waals surface area contributed by atoms with E-state index in [4.69, 9.17) is 27.9 Å². The molecule has 0 saturated carbocycles. The van der Waals surface area contributed by atoms with Crippen molar-refractivity contribution >= 4 is 50.7 Å². The van der Waals surface area contributed by atoms with E-state index < -0.39 is 28.5 Å². The lowest BCUT2D eigenvalue weighted by molar-refractivity contribution is -0.139. The van der Waals surface area contributed by atoms with Crippen LogP contribution < -0.4 is 14.4 Å². The summed E-state index contributed by atoms with van der Waals surface area (Å²) in [6, 6.07) is 10.3. The lowest BCUT2D eigenvalue weighted by Gasteiger charge is -2.32. The van der Waals surface area contributed by atoms with E-state index in [9.17, 15) is 18.0 Å². The fraction of sp³-hybridized carbons (Fsp3) is 0.417. The third kappa shape index (κ3) is 7.75. The molecule has 2 rings (SSSR count). The van der Waals surface area contributed by atoms with Crippen molar-refractivity contribution < 1.29 is 22.7 Å². The molecule has 2 amide bonds. The molecule has 2 atom stereocenters. The molecular weight excluding hydrogens is 513 g/mol. The van der Waals surface area contributed by atoms with Gasteiger partial charge in [-0.05, 0) is 50.1 Å². The summed E-state index contributed by atoms with van der Waals surface area (Å²) >= 11 is 12.3. The average Bonchev–Trinajstić information content (AvgIpc) is 2.80. The molecule has 0 radical (unpaired) electrons. The Bertz CT molecular complexity index is 1160. The lowest BCUT2D eigenvalue weighted by atomic mass is 10.1. The van der Waals surface area contributed by atoms with Crippen LogP contribution in [0.3, 0.4) is 0 Å². The molecule has 0 spiro atoms. The van der Waals surface area contributed by atoms with E-state index in [0.29, 0.717) is 27.8 Å². The summed E-state index contributed by atoms with van der Waals surface area (Å²) in [6.45, 7) is 4.83. The van der Waals surface area contributed by atoms with Crippen LogP contribution in [0.2, 0.25) is 10.0 Å². The van der Waals surface area contributed by atoms with Crippen molar-refractivity contribution in [1.29, 1.82) is 0 Å². The fourth-order valence-electron chi connectivity index (χ4n) is 3.31. The first-order valence-corrected chi connectivity index (χ1v) is 13.6. The van der Waals surface area contributed by atoms with Crippen LogP contribution in [-0.2, 0) is 26.2 Å². The number of anilines is 1. The molecule has 0 unspecified atom stereocenters. The molecular formula is C24H31Cl2N3O5S. The summed E-state index contributed by atoms with van der Waals surface area (Å²) in [4.78, 5) is 27.8. The molecule has 2 aromatic carbocycles. The summed E-state index contributed by atoms with van der Waals surface area (Å²) in [5, 5.41) is 3.63. The van der Waals surface area contributed by atoms with Gasteiger partial charge in [0.25, 0.3) is 0 Å². The van der Waals surface area contributed by atoms with E-state index >= 15 is 0 Å². The number of ether oxygens (including phenoxy) is 1. The highest BCUT2D eigenvalue weighted by Gasteiger charge is 2.31. The number of carbonyl (C=O) groups excluding carboxylic acids is 2. The van der Waals surface area contributed by atoms with Crippen molar-refractivity contribution in [2.24, 2.45) is 0 Å². The maximum Gasteiger partial charge on any atom is 0.244 e. The minimum absolute atomic E-state index is 0.0204. The molecule has 0 aliphatic rings. The van der Waals surface area contributed by atoms with E-state index in [1.165, 1.54) is 12.0 Å². The maximum atomic E-state index is 13.6. The number of carbonyl (C=O) groups is 2. The zero-order chi connectivity index (χ0) is 26.3. The van der Waals surface area contributed by atoms with Crippen molar-refractivity contribution in [3.05, 3.63) is 58.1 Å². The average molecular weight is 545 g/mol. The second-order valence-electron chi connectivity index (χ2n) is 8.19. The largest absolute Gasteiger partial charge is 0.495 e. The number of amides is 2. The molecule has 0 heterocycles. The van der Waals surface area contributed by atoms with Gasteiger partial charge in [-0.25, -0.2) is 8.42 Å². The Morgan fingerprint density at radius 1 is 1.11 bits per heavy atom. The molecule has 8 nitrogen and oxygen atoms in total. The third-order valence-corrected chi connectivity index (χ3v) is 7.27. The topological polar surface area (TPSA) is 96.0 Å². The first kappa shape index (κ1) is 28.7. The van der Waals surface area contributed by atoms with Crippen molar-refractivity contribution in [3.8, 4) is 5.75 Å². The number of halogens is 2. The highest BCUT2D eigenvalue weighted by atomic mass is 35.5. The maximum absolute atomic E-state index is 13.6. The Morgan fingerprint density at radius 2 is 1.77 bits per heavy atom. The van der Waals surface area contributed by atoms with Gasteiger partial charge < -0.3 is 15.0 Å². The zero-order valence-electron chi connectivity index (χ0n) is 20.4. The predicted molar refractivity (Wildman–Crippen MR) is 140 cm³/mol. The Kier molecular flexibility index (Phi) is 10.2. The quantitative estimate of drug-likeness (QED) is 0.460. The van der Waals surface area contributed by atoms with Crippen LogP contribution in [0.4, 0.5) is 5.69 Å². The Balaban J connectivity index is 2.46. The van der Waals surface area contributed by atoms with Crippen LogP contribution in [-0.4, -0.2) is 57.1 Å². The van der Waals surface area contributed by atoms with E-state index in [0.717, 1.165) is 10.6 Å². The SMILES string of the molecule is CC[C@@H](C)NC(=O)[C@H](C)N(Cc1ccc(Cl)cc1Cl)C(=O)CN(c1ccccc1OC)S(C)(=O)=O. The van der Waals surface area contributed by atoms with E-state index in [1.807, 2.05) is 13.8 Å². The van der Waals surface area contributed by atoms with Gasteiger partial charge in [-0.15, -0.1) is 0 Å². The summed E-state index contributed by atoms with van der Waals surface area (Å²) in [6.07, 6.45) is 1.72. The minimum Gasteiger partial charge on any atom is -0.495 e. The predicted octanol–water partition coefficient (Wildman–Crippen LogP) is 4.10. The number of nitrogens with zero attached hydrogens (tertiary/aromatic N) is 2. The van der Waals surface area contributed by atoms with Crippen molar-refractivity contribution in [2.45, 2.75) is 45.8 Å². The van der Waals surface area contributed by atoms with Crippen molar-refractivity contribution in [2.75, 3.05) is 24.2 Å². The van der Waals surface area contributed by atoms with Gasteiger partial charge in [0.15, 0.2) is 0 Å². The van der Waals surface area contributed by atoms with Crippen LogP contribution in [0.15, 0.2) is 42.5 Å². The van der Waals surface area contributed by atoms with E-state index in [1.54, 1.807) is 49.4 Å². The number of para-hydroxylation sites is 2. The second kappa shape index (κ2) is 12.5. The summed E-state index contributed by atoms with van der Waals surface area (Å²) in [5.74, 6) is -0.652. The molecule has 0 fully saturated rings. The minimum atomic E-state index is -3.87. The number of nitrogens with one attached hydrogen (secondary N) is 1. The summed E-state index contributed by atoms with van der Waals surface area (Å²) in [7, 11) is -2.46. The van der Waals surface area contributed by atoms with Crippen LogP contribution >= 0.6 is 23.2 Å². The first-order chi connectivity index (χ1) is 16.4. The van der Waals surface area contributed by atoms with Crippen LogP contribution in [0, 0.1) is 0 Å². The van der Waals surface area contributed by atoms with Gasteiger partial charge in [-0.1, -0.05) is 48.3 Å². The normalized spacial score (nSPS) is 13.0. The molecule has 2 aromatic rings. The summed E-state index contributed by atoms with van der Waals surface area (Å²) in [5.41, 5.74) is 0.780. The van der Waals surface area contributed by atoms with Crippen LogP contribution in [0.5, 0.6) is 5.75 Å². The van der Waals surface area contributed by atoms with E-state index in [2.05, 4.69) is 5.32 Å². The first-order valence-electron chi connectivity index (χ1n) is 11.0. The molecule has 0 aliphatic carbocycles. The van der Waals surface area contributed by atoms with E-state index in [-0.39, 0.29) is 24.2 Å². The zero-order valence-corrected chi connectivity index (χ0v) is 22.7. The summed E-state index contributed by atoms with van der Waals surface area (Å²) < 4.78 is 31.6. The number of benzene rings is 2. The molecule has 1 N–H and O–H groups in total. The molecule has 192 valence electrons. The third-order valence-electron chi connectivity index (χ3n) is 5.56. The van der Waals surface area contributed by atoms with Gasteiger partial charge in [0.05, 0.1) is 19.1 Å². The molecule has 0 saturated heterocycles. The van der Waals surface area contributed by atoms with Gasteiger partial charge in [0.1, 0.15) is 18.3 Å². The van der Waals surface area contributed by atoms with Crippen LogP contribution in [0.25, 0.3) is 0 Å². The number of methoxy groups -OCH3 is 1. The fourth-order valence-corrected chi connectivity index (χ4v) is 4.63. The Labute approximate surface area is 217 Å². The van der Waals surface area contributed by atoms with Crippen LogP contribution in [0.1, 0.15) is 32.8 Å². The molecule has 0 aromatic heterocycles. The van der Waals surface area contributed by atoms with Gasteiger partial charge in [-0.2, -0.15) is 0 Å². The molecule has 0 bridgehead atoms. The number of rotatable bonds is 11. The molecule has 35 heavy (non-hydrogen) atoms. The lowest BCUT2D eigenvalue weighted by Crippen LogP contribution is -2.52. The highest BCUT2D eigenvalue weighted by molar-refractivity contribution is 7.92. The Hall–Kier alpha value is -2.49. The van der Waals surface area contributed by atoms with Crippen molar-refractivity contribution in [3.63, 3.8) is 0 Å². The van der Waals surface area contributed by atoms with Crippen molar-refractivity contribution in [1.82, 2.24) is 10.2 Å². The number of hydrogen-bond donors (Lipinski definition) is 1. The number of sulfonamides is 1. The Morgan fingerprint density at radius 3 is 2.34 bits per heavy atom.